The Balaban J connectivity index is 0.000000251. The number of amides is 8. The number of nitrogens with zero attached hydrogens (tertiary/aromatic N) is 5. The largest absolute Gasteiger partial charge is 0.481 e. The second kappa shape index (κ2) is 35.2. The van der Waals surface area contributed by atoms with Crippen LogP contribution in [0.25, 0.3) is 33.0 Å². The molecule has 11 rings (SSSR count). The topological polar surface area (TPSA) is 559 Å². The number of carboxylic acids is 3. The molecule has 8 amide bonds. The molecule has 109 heavy (non-hydrogen) atoms. The Labute approximate surface area is 627 Å². The number of ketones is 1. The zero-order chi connectivity index (χ0) is 78.4. The summed E-state index contributed by atoms with van der Waals surface area (Å²) in [5.41, 5.74) is 23.2. The smallest absolute Gasteiger partial charge is 0.327 e. The number of piperidine rings is 1. The van der Waals surface area contributed by atoms with Crippen LogP contribution in [0.1, 0.15) is 125 Å². The van der Waals surface area contributed by atoms with Crippen molar-refractivity contribution in [1.82, 2.24) is 61.4 Å². The first-order valence-corrected chi connectivity index (χ1v) is 37.0. The summed E-state index contributed by atoms with van der Waals surface area (Å²) >= 11 is 0. The van der Waals surface area contributed by atoms with Crippen molar-refractivity contribution in [1.29, 1.82) is 0 Å². The Morgan fingerprint density at radius 2 is 1.31 bits per heavy atom. The van der Waals surface area contributed by atoms with Crippen LogP contribution in [0.2, 0.25) is 0 Å². The van der Waals surface area contributed by atoms with Gasteiger partial charge in [0.15, 0.2) is 22.9 Å². The predicted octanol–water partition coefficient (Wildman–Crippen LogP) is 3.98. The number of hydrogen-bond acceptors (Lipinski definition) is 21. The highest BCUT2D eigenvalue weighted by Crippen LogP contribution is 2.66. The van der Waals surface area contributed by atoms with E-state index < -0.39 is 96.1 Å². The van der Waals surface area contributed by atoms with Crippen LogP contribution < -0.4 is 65.3 Å². The van der Waals surface area contributed by atoms with E-state index in [2.05, 4.69) is 77.4 Å². The number of nitrogens with two attached hydrogens (primary N) is 3. The normalized spacial score (nSPS) is 15.8. The van der Waals surface area contributed by atoms with E-state index in [1.54, 1.807) is 73.4 Å². The molecule has 2 unspecified atom stereocenters. The minimum Gasteiger partial charge on any atom is -0.481 e. The van der Waals surface area contributed by atoms with Gasteiger partial charge in [0.1, 0.15) is 35.6 Å². The van der Waals surface area contributed by atoms with Gasteiger partial charge in [0.25, 0.3) is 23.3 Å². The third-order valence-electron chi connectivity index (χ3n) is 18.0. The Hall–Kier alpha value is -12.7. The van der Waals surface area contributed by atoms with Gasteiger partial charge >= 0.3 is 17.9 Å². The molecule has 37 heteroatoms. The fraction of sp³-hybridized carbons (Fsp3) is 0.319. The number of aliphatic carboxylic acids is 3. The van der Waals surface area contributed by atoms with Crippen molar-refractivity contribution in [3.63, 3.8) is 0 Å². The average Bonchev–Trinajstić information content (AvgIpc) is 1.50. The van der Waals surface area contributed by atoms with E-state index >= 15 is 0 Å². The van der Waals surface area contributed by atoms with E-state index in [4.69, 9.17) is 17.2 Å². The number of H-pyrrole nitrogens is 3. The monoisotopic (exact) mass is 1530 g/mol. The number of carbonyl (C=O) groups excluding carboxylic acids is 9. The number of carbonyl (C=O) groups is 12. The third-order valence-corrected chi connectivity index (χ3v) is 20.5. The number of aromatic nitrogens is 6. The number of allylic oxidation sites excluding steroid dienone is 2. The van der Waals surface area contributed by atoms with Crippen molar-refractivity contribution >= 4 is 154 Å². The number of rotatable bonds is 33. The van der Waals surface area contributed by atoms with E-state index in [1.165, 1.54) is 17.0 Å². The molecule has 3 aliphatic rings. The number of guanidine groups is 1. The van der Waals surface area contributed by atoms with Crippen LogP contribution in [-0.2, 0) is 50.3 Å². The Morgan fingerprint density at radius 1 is 0.688 bits per heavy atom. The van der Waals surface area contributed by atoms with Gasteiger partial charge in [-0.15, -0.1) is 0 Å². The van der Waals surface area contributed by atoms with Crippen LogP contribution in [0.3, 0.4) is 0 Å². The predicted molar refractivity (Wildman–Crippen MR) is 406 cm³/mol. The molecule has 1 saturated carbocycles. The SMILES string of the molecule is CCC(=O)Nc1ccc2[nH]c(C(=O)Nc3ccc4[nH]c(C(=O)N5CC6CC67C5=CC(=O)c5ccccc57)cc4c3)cc2c1.CCSSC[C@H](NC(=O)[C@H](CC(=O)O)NC(=O)[C@H](CCCN=C(N)N)NC(=O)[C@H](CC(=O)O)NC(=O)CC[C@@H](C)NC(=O)c1ccc(NCc2cnc3nc(N)[nH]c(=O)c3n2)cc1)C(=O)O. The first kappa shape index (κ1) is 78.9. The molecular weight excluding hydrogens is 1450 g/mol. The van der Waals surface area contributed by atoms with Crippen molar-refractivity contribution in [3.8, 4) is 0 Å². The highest BCUT2D eigenvalue weighted by atomic mass is 33.1. The summed E-state index contributed by atoms with van der Waals surface area (Å²) in [4.78, 5) is 192. The maximum atomic E-state index is 13.7. The second-order valence-corrected chi connectivity index (χ2v) is 28.7. The van der Waals surface area contributed by atoms with Gasteiger partial charge in [-0.1, -0.05) is 59.7 Å². The zero-order valence-corrected chi connectivity index (χ0v) is 60.6. The lowest BCUT2D eigenvalue weighted by Crippen LogP contribution is -2.58. The number of carboxylic acid groups (broad SMARTS) is 3. The number of anilines is 4. The van der Waals surface area contributed by atoms with Crippen LogP contribution in [0.4, 0.5) is 23.0 Å². The fourth-order valence-corrected chi connectivity index (χ4v) is 14.4. The van der Waals surface area contributed by atoms with Crippen LogP contribution in [0.15, 0.2) is 125 Å². The molecule has 1 saturated heterocycles. The van der Waals surface area contributed by atoms with Gasteiger partial charge < -0.3 is 89.9 Å². The van der Waals surface area contributed by atoms with Crippen LogP contribution in [-0.4, -0.2) is 182 Å². The minimum atomic E-state index is -1.80. The molecule has 0 bridgehead atoms. The summed E-state index contributed by atoms with van der Waals surface area (Å²) < 4.78 is 0. The van der Waals surface area contributed by atoms with Gasteiger partial charge in [0, 0.05) is 111 Å². The Bertz CT molecular complexity index is 5020. The molecule has 2 fully saturated rings. The first-order valence-electron chi connectivity index (χ1n) is 34.5. The Morgan fingerprint density at radius 3 is 1.97 bits per heavy atom. The lowest BCUT2D eigenvalue weighted by molar-refractivity contribution is -0.143. The number of nitrogens with one attached hydrogen (secondary N) is 11. The van der Waals surface area contributed by atoms with E-state index in [-0.39, 0.29) is 102 Å². The summed E-state index contributed by atoms with van der Waals surface area (Å²) in [7, 11) is 2.48. The molecule has 2 aliphatic carbocycles. The van der Waals surface area contributed by atoms with E-state index in [0.29, 0.717) is 58.8 Å². The molecule has 1 aliphatic heterocycles. The Kier molecular flexibility index (Phi) is 25.5. The van der Waals surface area contributed by atoms with Crippen molar-refractivity contribution in [2.24, 2.45) is 22.4 Å². The number of benzene rings is 4. The van der Waals surface area contributed by atoms with Gasteiger partial charge in [-0.05, 0) is 117 Å². The van der Waals surface area contributed by atoms with Crippen molar-refractivity contribution in [2.75, 3.05) is 46.3 Å². The molecule has 5 heterocycles. The fourth-order valence-electron chi connectivity index (χ4n) is 12.5. The highest BCUT2D eigenvalue weighted by molar-refractivity contribution is 8.76. The molecule has 8 aromatic rings. The molecule has 4 aromatic heterocycles. The van der Waals surface area contributed by atoms with Gasteiger partial charge in [0.2, 0.25) is 35.5 Å². The molecule has 35 nitrogen and oxygen atoms in total. The van der Waals surface area contributed by atoms with E-state index in [9.17, 15) is 77.6 Å². The third kappa shape index (κ3) is 19.9. The summed E-state index contributed by atoms with van der Waals surface area (Å²) in [5.74, 6) is -9.10. The lowest BCUT2D eigenvalue weighted by Gasteiger charge is -2.29. The minimum absolute atomic E-state index is 0.0228. The van der Waals surface area contributed by atoms with Crippen molar-refractivity contribution in [3.05, 3.63) is 159 Å². The van der Waals surface area contributed by atoms with Gasteiger partial charge in [-0.3, -0.25) is 67.5 Å². The summed E-state index contributed by atoms with van der Waals surface area (Å²) in [5, 5.41) is 50.9. The quantitative estimate of drug-likeness (QED) is 0.0120. The molecule has 570 valence electrons. The number of aliphatic imine (C=N–C) groups is 1. The van der Waals surface area contributed by atoms with Gasteiger partial charge in [-0.25, -0.2) is 14.8 Å². The number of fused-ring (bicyclic) bond motifs is 4. The number of nitrogen functional groups attached to an aromatic ring is 1. The first-order chi connectivity index (χ1) is 52.1. The van der Waals surface area contributed by atoms with Gasteiger partial charge in [-0.2, -0.15) is 4.98 Å². The summed E-state index contributed by atoms with van der Waals surface area (Å²) in [6, 6.07) is 21.4. The van der Waals surface area contributed by atoms with Crippen LogP contribution >= 0.6 is 21.6 Å². The standard InChI is InChI=1S/C38H52N14O12S2.C34H27N5O4/c1-3-65-66-17-25(36(63)64)50-34(61)24(14-28(56)57)49-32(59)22(5-4-12-42-37(39)40)48-33(60)23(13-27(54)55)47-26(53)11-6-18(2)45-31(58)19-7-9-20(10-8-19)43-15-21-16-44-30-29(46-21)35(62)52-38(41)51-30;1-2-31(41)35-21-7-9-25-18(11-21)13-27(37-25)32(42)36-22-8-10-26-19(12-22)14-28(38-26)33(43)39-17-20-16-34(20)24-6-4-3-5-23(24)29(40)15-30(34)39/h7-10,16,18,22-25,43H,3-6,11-15,17H2,1-2H3,(H,45,58)(H,47,53)(H,48,60)(H,49,59)(H,50,61)(H,54,55)(H,56,57)(H,63,64)(H4,39,40,42)(H3,41,44,51,52,62);3-15,20,37-38H,2,16-17H2,1H3,(H,35,41)(H,36,42)/t18-,22+,23+,24+,25+;/m1./s1. The average molecular weight is 1530 g/mol. The number of likely N-dealkylation sites (tertiary alicyclic amines) is 1. The molecule has 7 atom stereocenters. The highest BCUT2D eigenvalue weighted by Gasteiger charge is 2.67. The molecule has 20 N–H and O–H groups in total. The van der Waals surface area contributed by atoms with E-state index in [0.717, 1.165) is 55.8 Å². The van der Waals surface area contributed by atoms with Gasteiger partial charge in [0.05, 0.1) is 31.3 Å². The van der Waals surface area contributed by atoms with Crippen LogP contribution in [0, 0.1) is 5.92 Å². The lowest BCUT2D eigenvalue weighted by atomic mass is 9.81. The summed E-state index contributed by atoms with van der Waals surface area (Å²) in [6.45, 7) is 5.98. The molecule has 4 aromatic carbocycles. The van der Waals surface area contributed by atoms with E-state index in [1.807, 2.05) is 55.5 Å². The molecule has 1 spiro atoms. The second-order valence-electron chi connectivity index (χ2n) is 25.9. The summed E-state index contributed by atoms with van der Waals surface area (Å²) in [6.07, 6.45) is 2.13. The molecular formula is C72H79N19O16S2. The number of hydrogen-bond donors (Lipinski definition) is 17. The van der Waals surface area contributed by atoms with Crippen molar-refractivity contribution < 1.29 is 72.9 Å². The zero-order valence-electron chi connectivity index (χ0n) is 59.0. The van der Waals surface area contributed by atoms with Crippen LogP contribution in [0.5, 0.6) is 0 Å². The maximum Gasteiger partial charge on any atom is 0.327 e. The number of aromatic amines is 3. The van der Waals surface area contributed by atoms with Crippen molar-refractivity contribution in [2.45, 2.75) is 114 Å². The molecule has 0 radical (unpaired) electrons. The maximum absolute atomic E-state index is 13.7.